The van der Waals surface area contributed by atoms with Crippen LogP contribution < -0.4 is 15.8 Å². The average Bonchev–Trinajstić information content (AvgIpc) is 2.70. The third-order valence-electron chi connectivity index (χ3n) is 2.97. The molecule has 0 amide bonds. The van der Waals surface area contributed by atoms with Gasteiger partial charge in [-0.1, -0.05) is 0 Å². The summed E-state index contributed by atoms with van der Waals surface area (Å²) in [5, 5.41) is 3.08. The first kappa shape index (κ1) is 15.2. The van der Waals surface area contributed by atoms with Crippen molar-refractivity contribution in [3.63, 3.8) is 0 Å². The number of aryl methyl sites for hydroxylation is 2. The van der Waals surface area contributed by atoms with Crippen LogP contribution in [0.5, 0.6) is 5.75 Å². The largest absolute Gasteiger partial charge is 0.488 e. The predicted octanol–water partition coefficient (Wildman–Crippen LogP) is 3.41. The van der Waals surface area contributed by atoms with Crippen molar-refractivity contribution < 1.29 is 13.5 Å². The first-order chi connectivity index (χ1) is 9.86. The van der Waals surface area contributed by atoms with Crippen LogP contribution >= 0.6 is 0 Å². The van der Waals surface area contributed by atoms with Crippen LogP contribution in [0.1, 0.15) is 31.2 Å². The average molecular weight is 293 g/mol. The minimum Gasteiger partial charge on any atom is -0.488 e. The Bertz CT molecular complexity index is 619. The van der Waals surface area contributed by atoms with Gasteiger partial charge < -0.3 is 20.2 Å². The lowest BCUT2D eigenvalue weighted by Crippen LogP contribution is -2.09. The van der Waals surface area contributed by atoms with E-state index in [1.165, 1.54) is 6.07 Å². The molecule has 0 fully saturated rings. The number of nitrogens with two attached hydrogens (primary N) is 1. The maximum absolute atomic E-state index is 13.7. The van der Waals surface area contributed by atoms with Gasteiger partial charge in [0.2, 0.25) is 5.89 Å². The lowest BCUT2D eigenvalue weighted by Gasteiger charge is -2.14. The third-order valence-corrected chi connectivity index (χ3v) is 2.97. The second-order valence-corrected chi connectivity index (χ2v) is 5.14. The lowest BCUT2D eigenvalue weighted by atomic mass is 10.2. The van der Waals surface area contributed by atoms with E-state index >= 15 is 0 Å². The standard InChI is InChI=1S/C15H20FN3O2/c1-8(2)20-14-6-13(12(17)5-11(14)16)18-7-15-19-9(3)10(4)21-15/h5-6,8,18H,7,17H2,1-4H3. The maximum atomic E-state index is 13.7. The smallest absolute Gasteiger partial charge is 0.213 e. The monoisotopic (exact) mass is 293 g/mol. The van der Waals surface area contributed by atoms with Crippen molar-refractivity contribution in [2.45, 2.75) is 40.3 Å². The van der Waals surface area contributed by atoms with Crippen LogP contribution in [0.25, 0.3) is 0 Å². The zero-order valence-electron chi connectivity index (χ0n) is 12.7. The summed E-state index contributed by atoms with van der Waals surface area (Å²) in [7, 11) is 0. The van der Waals surface area contributed by atoms with E-state index in [9.17, 15) is 4.39 Å². The van der Waals surface area contributed by atoms with E-state index in [0.717, 1.165) is 11.5 Å². The first-order valence-corrected chi connectivity index (χ1v) is 6.79. The molecule has 0 saturated carbocycles. The van der Waals surface area contributed by atoms with Gasteiger partial charge in [-0.3, -0.25) is 0 Å². The molecule has 1 heterocycles. The van der Waals surface area contributed by atoms with E-state index in [1.807, 2.05) is 27.7 Å². The molecule has 21 heavy (non-hydrogen) atoms. The van der Waals surface area contributed by atoms with Crippen LogP contribution in [-0.2, 0) is 6.54 Å². The van der Waals surface area contributed by atoms with E-state index in [2.05, 4.69) is 10.3 Å². The van der Waals surface area contributed by atoms with E-state index in [-0.39, 0.29) is 11.9 Å². The summed E-state index contributed by atoms with van der Waals surface area (Å²) in [5.41, 5.74) is 7.55. The Kier molecular flexibility index (Phi) is 4.35. The third kappa shape index (κ3) is 3.65. The molecule has 0 atom stereocenters. The second kappa shape index (κ2) is 6.03. The molecule has 2 rings (SSSR count). The summed E-state index contributed by atoms with van der Waals surface area (Å²) in [6.07, 6.45) is -0.118. The SMILES string of the molecule is Cc1nc(CNc2cc(OC(C)C)c(F)cc2N)oc1C. The van der Waals surface area contributed by atoms with Crippen LogP contribution in [0.4, 0.5) is 15.8 Å². The molecule has 0 aliphatic carbocycles. The Balaban J connectivity index is 2.15. The Labute approximate surface area is 123 Å². The Morgan fingerprint density at radius 2 is 2.10 bits per heavy atom. The van der Waals surface area contributed by atoms with Crippen molar-refractivity contribution in [1.82, 2.24) is 4.98 Å². The molecule has 2 aromatic rings. The first-order valence-electron chi connectivity index (χ1n) is 6.79. The highest BCUT2D eigenvalue weighted by atomic mass is 19.1. The van der Waals surface area contributed by atoms with Gasteiger partial charge in [0, 0.05) is 12.1 Å². The van der Waals surface area contributed by atoms with Crippen molar-refractivity contribution in [3.8, 4) is 5.75 Å². The number of nitrogens with zero attached hydrogens (tertiary/aromatic N) is 1. The number of nitrogens with one attached hydrogen (secondary N) is 1. The van der Waals surface area contributed by atoms with Crippen LogP contribution in [0.2, 0.25) is 0 Å². The molecule has 0 spiro atoms. The van der Waals surface area contributed by atoms with E-state index in [4.69, 9.17) is 14.9 Å². The quantitative estimate of drug-likeness (QED) is 0.826. The van der Waals surface area contributed by atoms with Gasteiger partial charge in [0.15, 0.2) is 11.6 Å². The Hall–Kier alpha value is -2.24. The highest BCUT2D eigenvalue weighted by molar-refractivity contribution is 5.68. The van der Waals surface area contributed by atoms with Crippen LogP contribution in [-0.4, -0.2) is 11.1 Å². The van der Waals surface area contributed by atoms with Crippen LogP contribution in [0.15, 0.2) is 16.5 Å². The molecule has 0 aliphatic rings. The minimum absolute atomic E-state index is 0.118. The van der Waals surface area contributed by atoms with Crippen molar-refractivity contribution >= 4 is 11.4 Å². The fourth-order valence-electron chi connectivity index (χ4n) is 1.85. The fourth-order valence-corrected chi connectivity index (χ4v) is 1.85. The summed E-state index contributed by atoms with van der Waals surface area (Å²) in [5.74, 6) is 1.03. The molecule has 5 nitrogen and oxygen atoms in total. The van der Waals surface area contributed by atoms with Gasteiger partial charge in [0.1, 0.15) is 5.76 Å². The highest BCUT2D eigenvalue weighted by Gasteiger charge is 2.12. The predicted molar refractivity (Wildman–Crippen MR) is 79.9 cm³/mol. The highest BCUT2D eigenvalue weighted by Crippen LogP contribution is 2.29. The summed E-state index contributed by atoms with van der Waals surface area (Å²) in [6, 6.07) is 2.79. The minimum atomic E-state index is -0.477. The molecule has 6 heteroatoms. The number of oxazole rings is 1. The molecule has 3 N–H and O–H groups in total. The summed E-state index contributed by atoms with van der Waals surface area (Å²) < 4.78 is 24.6. The topological polar surface area (TPSA) is 73.3 Å². The number of benzene rings is 1. The Morgan fingerprint density at radius 3 is 2.67 bits per heavy atom. The van der Waals surface area contributed by atoms with Gasteiger partial charge in [0.05, 0.1) is 29.7 Å². The summed E-state index contributed by atoms with van der Waals surface area (Å²) >= 11 is 0. The molecule has 0 bridgehead atoms. The lowest BCUT2D eigenvalue weighted by molar-refractivity contribution is 0.231. The Morgan fingerprint density at radius 1 is 1.38 bits per heavy atom. The molecular weight excluding hydrogens is 273 g/mol. The van der Waals surface area contributed by atoms with Crippen LogP contribution in [0, 0.1) is 19.7 Å². The fraction of sp³-hybridized carbons (Fsp3) is 0.400. The molecule has 0 radical (unpaired) electrons. The van der Waals surface area contributed by atoms with E-state index in [1.54, 1.807) is 6.07 Å². The molecule has 1 aromatic heterocycles. The molecule has 1 aromatic carbocycles. The summed E-state index contributed by atoms with van der Waals surface area (Å²) in [6.45, 7) is 7.77. The van der Waals surface area contributed by atoms with Crippen molar-refractivity contribution in [3.05, 3.63) is 35.3 Å². The zero-order valence-corrected chi connectivity index (χ0v) is 12.7. The molecule has 0 saturated heterocycles. The van der Waals surface area contributed by atoms with Crippen LogP contribution in [0.3, 0.4) is 0 Å². The van der Waals surface area contributed by atoms with E-state index < -0.39 is 5.82 Å². The van der Waals surface area contributed by atoms with Gasteiger partial charge in [-0.2, -0.15) is 0 Å². The molecular formula is C15H20FN3O2. The molecule has 0 unspecified atom stereocenters. The zero-order chi connectivity index (χ0) is 15.6. The van der Waals surface area contributed by atoms with Gasteiger partial charge in [-0.25, -0.2) is 9.37 Å². The number of halogens is 1. The van der Waals surface area contributed by atoms with Crippen molar-refractivity contribution in [2.24, 2.45) is 0 Å². The maximum Gasteiger partial charge on any atom is 0.213 e. The van der Waals surface area contributed by atoms with Crippen molar-refractivity contribution in [1.29, 1.82) is 0 Å². The molecule has 0 aliphatic heterocycles. The number of ether oxygens (including phenoxy) is 1. The normalized spacial score (nSPS) is 11.0. The number of hydrogen-bond donors (Lipinski definition) is 2. The number of rotatable bonds is 5. The van der Waals surface area contributed by atoms with Gasteiger partial charge in [-0.15, -0.1) is 0 Å². The van der Waals surface area contributed by atoms with Gasteiger partial charge in [-0.05, 0) is 27.7 Å². The molecule has 114 valence electrons. The van der Waals surface area contributed by atoms with Crippen molar-refractivity contribution in [2.75, 3.05) is 11.1 Å². The summed E-state index contributed by atoms with van der Waals surface area (Å²) in [4.78, 5) is 4.27. The number of aromatic nitrogens is 1. The van der Waals surface area contributed by atoms with Gasteiger partial charge in [0.25, 0.3) is 0 Å². The van der Waals surface area contributed by atoms with E-state index in [0.29, 0.717) is 23.8 Å². The van der Waals surface area contributed by atoms with Gasteiger partial charge >= 0.3 is 0 Å². The number of hydrogen-bond acceptors (Lipinski definition) is 5. The number of nitrogen functional groups attached to an aromatic ring is 1. The second-order valence-electron chi connectivity index (χ2n) is 5.14. The number of anilines is 2.